The Morgan fingerprint density at radius 3 is 2.44 bits per heavy atom. The highest BCUT2D eigenvalue weighted by atomic mass is 19.1. The van der Waals surface area contributed by atoms with Crippen molar-refractivity contribution in [2.24, 2.45) is 5.92 Å². The van der Waals surface area contributed by atoms with Gasteiger partial charge >= 0.3 is 0 Å². The van der Waals surface area contributed by atoms with E-state index in [1.807, 2.05) is 36.4 Å². The number of imide groups is 1. The first-order valence-electron chi connectivity index (χ1n) is 20.2. The maximum absolute atomic E-state index is 16.2. The average Bonchev–Trinajstić information content (AvgIpc) is 3.55. The molecule has 0 bridgehead atoms. The summed E-state index contributed by atoms with van der Waals surface area (Å²) in [5.41, 5.74) is 6.47. The minimum Gasteiger partial charge on any atom is -0.508 e. The second-order valence-electron chi connectivity index (χ2n) is 16.2. The number of nitrogens with one attached hydrogen (secondary N) is 1. The van der Waals surface area contributed by atoms with Crippen LogP contribution in [0.15, 0.2) is 78.9 Å². The van der Waals surface area contributed by atoms with Gasteiger partial charge in [0.05, 0.1) is 25.4 Å². The number of hydrogen-bond donors (Lipinski definition) is 3. The molecule has 3 saturated heterocycles. The highest BCUT2D eigenvalue weighted by molar-refractivity contribution is 6.00. The van der Waals surface area contributed by atoms with Crippen LogP contribution in [0.2, 0.25) is 0 Å². The SMILES string of the molecule is COc1cccc(C2COc3cc(O)ccc3C2c2ccc(N3CCC(CN4CCN(c5ccc6c(c5)CN(C5CCC(=O)NC5=O)C6O)CC4)CC3)c(F)c2)c1. The zero-order chi connectivity index (χ0) is 39.2. The largest absolute Gasteiger partial charge is 0.508 e. The highest BCUT2D eigenvalue weighted by Crippen LogP contribution is 2.48. The van der Waals surface area contributed by atoms with Crippen LogP contribution in [0.4, 0.5) is 15.8 Å². The number of ether oxygens (including phenoxy) is 2. The topological polar surface area (TPSA) is 118 Å². The van der Waals surface area contributed by atoms with Gasteiger partial charge < -0.3 is 29.5 Å². The molecule has 57 heavy (non-hydrogen) atoms. The third kappa shape index (κ3) is 7.42. The van der Waals surface area contributed by atoms with Gasteiger partial charge in [0.1, 0.15) is 29.3 Å². The van der Waals surface area contributed by atoms with E-state index < -0.39 is 12.3 Å². The number of rotatable bonds is 8. The number of anilines is 2. The van der Waals surface area contributed by atoms with Crippen molar-refractivity contribution < 1.29 is 33.7 Å². The van der Waals surface area contributed by atoms with Gasteiger partial charge in [-0.05, 0) is 84.3 Å². The summed E-state index contributed by atoms with van der Waals surface area (Å²) in [6.45, 7) is 7.26. The van der Waals surface area contributed by atoms with Crippen molar-refractivity contribution >= 4 is 23.2 Å². The molecule has 4 atom stereocenters. The van der Waals surface area contributed by atoms with Crippen LogP contribution in [0.5, 0.6) is 17.2 Å². The fraction of sp³-hybridized carbons (Fsp3) is 0.422. The van der Waals surface area contributed by atoms with Crippen LogP contribution < -0.4 is 24.6 Å². The Hall–Kier alpha value is -5.17. The van der Waals surface area contributed by atoms with Crippen LogP contribution >= 0.6 is 0 Å². The molecule has 0 saturated carbocycles. The number of aromatic hydroxyl groups is 1. The highest BCUT2D eigenvalue weighted by Gasteiger charge is 2.40. The fourth-order valence-corrected chi connectivity index (χ4v) is 9.77. The van der Waals surface area contributed by atoms with Crippen molar-refractivity contribution in [2.45, 2.75) is 56.3 Å². The number of benzene rings is 4. The van der Waals surface area contributed by atoms with E-state index in [0.717, 1.165) is 97.9 Å². The molecule has 12 heteroatoms. The van der Waals surface area contributed by atoms with Crippen molar-refractivity contribution in [3.63, 3.8) is 0 Å². The van der Waals surface area contributed by atoms with Crippen LogP contribution in [-0.4, -0.2) is 97.4 Å². The normalized spacial score (nSPS) is 24.5. The molecule has 298 valence electrons. The molecular formula is C45H50FN5O6. The number of carbonyl (C=O) groups excluding carboxylic acids is 2. The second kappa shape index (κ2) is 15.6. The van der Waals surface area contributed by atoms with Crippen LogP contribution in [0.1, 0.15) is 71.6 Å². The van der Waals surface area contributed by atoms with Crippen LogP contribution in [0.25, 0.3) is 0 Å². The summed E-state index contributed by atoms with van der Waals surface area (Å²) in [5.74, 6) is 1.03. The van der Waals surface area contributed by atoms with Crippen molar-refractivity contribution in [2.75, 3.05) is 69.3 Å². The van der Waals surface area contributed by atoms with Gasteiger partial charge in [-0.2, -0.15) is 0 Å². The molecule has 4 unspecified atom stereocenters. The second-order valence-corrected chi connectivity index (χ2v) is 16.2. The molecule has 3 fully saturated rings. The van der Waals surface area contributed by atoms with Gasteiger partial charge in [-0.3, -0.25) is 24.7 Å². The molecule has 0 aliphatic carbocycles. The van der Waals surface area contributed by atoms with Crippen molar-refractivity contribution in [3.8, 4) is 17.2 Å². The maximum Gasteiger partial charge on any atom is 0.244 e. The Kier molecular flexibility index (Phi) is 10.3. The molecule has 5 heterocycles. The summed E-state index contributed by atoms with van der Waals surface area (Å²) in [5, 5.41) is 23.6. The Labute approximate surface area is 332 Å². The minimum atomic E-state index is -0.859. The van der Waals surface area contributed by atoms with Gasteiger partial charge in [-0.25, -0.2) is 4.39 Å². The number of phenolic OH excluding ortho intramolecular Hbond substituents is 1. The van der Waals surface area contributed by atoms with Gasteiger partial charge in [-0.1, -0.05) is 30.3 Å². The zero-order valence-electron chi connectivity index (χ0n) is 32.3. The van der Waals surface area contributed by atoms with Gasteiger partial charge in [0.2, 0.25) is 11.8 Å². The molecule has 4 aromatic rings. The third-order valence-electron chi connectivity index (χ3n) is 12.9. The molecule has 11 nitrogen and oxygen atoms in total. The third-order valence-corrected chi connectivity index (χ3v) is 12.9. The lowest BCUT2D eigenvalue weighted by molar-refractivity contribution is -0.141. The lowest BCUT2D eigenvalue weighted by atomic mass is 9.75. The van der Waals surface area contributed by atoms with Crippen molar-refractivity contribution in [1.82, 2.24) is 15.1 Å². The number of carbonyl (C=O) groups is 2. The molecule has 9 rings (SSSR count). The monoisotopic (exact) mass is 775 g/mol. The molecule has 0 aromatic heterocycles. The number of nitrogens with zero attached hydrogens (tertiary/aromatic N) is 4. The van der Waals surface area contributed by atoms with E-state index in [0.29, 0.717) is 36.9 Å². The first-order valence-corrected chi connectivity index (χ1v) is 20.2. The Morgan fingerprint density at radius 1 is 0.860 bits per heavy atom. The van der Waals surface area contributed by atoms with E-state index in [1.165, 1.54) is 0 Å². The summed E-state index contributed by atoms with van der Waals surface area (Å²) in [6.07, 6.45) is 1.86. The van der Waals surface area contributed by atoms with E-state index >= 15 is 4.39 Å². The van der Waals surface area contributed by atoms with E-state index in [2.05, 4.69) is 44.3 Å². The number of amides is 2. The summed E-state index contributed by atoms with van der Waals surface area (Å²) in [7, 11) is 1.65. The lowest BCUT2D eigenvalue weighted by Gasteiger charge is -2.40. The van der Waals surface area contributed by atoms with Crippen molar-refractivity contribution in [3.05, 3.63) is 112 Å². The number of phenols is 1. The van der Waals surface area contributed by atoms with Crippen LogP contribution in [0, 0.1) is 11.7 Å². The number of halogens is 1. The summed E-state index contributed by atoms with van der Waals surface area (Å²) in [6, 6.07) is 24.5. The number of aliphatic hydroxyl groups excluding tert-OH is 1. The molecule has 5 aliphatic heterocycles. The van der Waals surface area contributed by atoms with Gasteiger partial charge in [0, 0.05) is 93.5 Å². The number of piperidine rings is 2. The fourth-order valence-electron chi connectivity index (χ4n) is 9.77. The molecule has 2 amide bonds. The molecular weight excluding hydrogens is 726 g/mol. The number of hydrogen-bond acceptors (Lipinski definition) is 10. The minimum absolute atomic E-state index is 0.0692. The average molecular weight is 776 g/mol. The van der Waals surface area contributed by atoms with E-state index in [1.54, 1.807) is 30.2 Å². The standard InChI is InChI=1S/C45H50FN5O6/c1-56-34-4-2-3-29(22-34)37-27-57-41-24-33(52)7-9-36(41)43(37)30-5-10-39(38(46)23-30)50-15-13-28(14-16-50)25-48-17-19-49(20-18-48)32-6-8-35-31(21-32)26-51(45(35)55)40-11-12-42(53)47-44(40)54/h2-10,21-24,28,37,40,43,45,52,55H,11-20,25-27H2,1H3,(H,47,53,54). The smallest absolute Gasteiger partial charge is 0.244 e. The van der Waals surface area contributed by atoms with E-state index in [-0.39, 0.29) is 41.6 Å². The Balaban J connectivity index is 0.801. The molecule has 0 radical (unpaired) electrons. The van der Waals surface area contributed by atoms with E-state index in [4.69, 9.17) is 9.47 Å². The lowest BCUT2D eigenvalue weighted by Crippen LogP contribution is -2.51. The summed E-state index contributed by atoms with van der Waals surface area (Å²) in [4.78, 5) is 33.1. The van der Waals surface area contributed by atoms with Crippen LogP contribution in [0.3, 0.4) is 0 Å². The molecule has 0 spiro atoms. The number of methoxy groups -OCH3 is 1. The summed E-state index contributed by atoms with van der Waals surface area (Å²) >= 11 is 0. The first-order chi connectivity index (χ1) is 27.7. The molecule has 4 aromatic carbocycles. The predicted molar refractivity (Wildman–Crippen MR) is 214 cm³/mol. The predicted octanol–water partition coefficient (Wildman–Crippen LogP) is 5.50. The quantitative estimate of drug-likeness (QED) is 0.198. The summed E-state index contributed by atoms with van der Waals surface area (Å²) < 4.78 is 27.8. The van der Waals surface area contributed by atoms with Gasteiger partial charge in [0.15, 0.2) is 0 Å². The maximum atomic E-state index is 16.2. The Morgan fingerprint density at radius 2 is 1.67 bits per heavy atom. The van der Waals surface area contributed by atoms with Crippen LogP contribution in [-0.2, 0) is 16.1 Å². The molecule has 5 aliphatic rings. The van der Waals surface area contributed by atoms with Gasteiger partial charge in [0.25, 0.3) is 0 Å². The number of fused-ring (bicyclic) bond motifs is 2. The zero-order valence-corrected chi connectivity index (χ0v) is 32.3. The number of piperazine rings is 1. The van der Waals surface area contributed by atoms with E-state index in [9.17, 15) is 19.8 Å². The van der Waals surface area contributed by atoms with Crippen molar-refractivity contribution in [1.29, 1.82) is 0 Å². The van der Waals surface area contributed by atoms with Gasteiger partial charge in [-0.15, -0.1) is 0 Å². The molecule has 3 N–H and O–H groups in total. The number of aliphatic hydroxyl groups is 1. The first kappa shape index (κ1) is 37.4. The Bertz CT molecular complexity index is 2150.